The molecule has 0 aliphatic carbocycles. The van der Waals surface area contributed by atoms with Gasteiger partial charge in [0.2, 0.25) is 6.67 Å². The van der Waals surface area contributed by atoms with Crippen molar-refractivity contribution in [2.24, 2.45) is 0 Å². The van der Waals surface area contributed by atoms with E-state index in [-0.39, 0.29) is 11.1 Å². The maximum absolute atomic E-state index is 3.50. The van der Waals surface area contributed by atoms with Crippen LogP contribution in [0.25, 0.3) is 0 Å². The van der Waals surface area contributed by atoms with Crippen LogP contribution in [-0.4, -0.2) is 11.1 Å². The fourth-order valence-electron chi connectivity index (χ4n) is 2.07. The molecule has 1 aromatic rings. The molecule has 1 aliphatic rings. The van der Waals surface area contributed by atoms with Crippen LogP contribution in [0.5, 0.6) is 0 Å². The third kappa shape index (κ3) is 2.13. The highest BCUT2D eigenvalue weighted by Crippen LogP contribution is 2.44. The second-order valence-corrected chi connectivity index (χ2v) is 6.60. The fraction of sp³-hybridized carbons (Fsp3) is 0.533. The van der Waals surface area contributed by atoms with Crippen molar-refractivity contribution in [2.45, 2.75) is 52.6 Å². The SMILES string of the molecule is CC(C)(C)N1[C]N(C(C)(C)C)c2ccccc21. The molecule has 17 heavy (non-hydrogen) atoms. The highest BCUT2D eigenvalue weighted by molar-refractivity contribution is 5.80. The van der Waals surface area contributed by atoms with Gasteiger partial charge in [-0.05, 0) is 53.7 Å². The molecule has 0 saturated heterocycles. The van der Waals surface area contributed by atoms with Crippen molar-refractivity contribution < 1.29 is 0 Å². The first-order valence-corrected chi connectivity index (χ1v) is 6.17. The number of benzene rings is 1. The number of fused-ring (bicyclic) bond motifs is 1. The van der Waals surface area contributed by atoms with Crippen molar-refractivity contribution in [2.75, 3.05) is 9.80 Å². The molecule has 0 N–H and O–H groups in total. The highest BCUT2D eigenvalue weighted by Gasteiger charge is 2.38. The Morgan fingerprint density at radius 2 is 1.12 bits per heavy atom. The van der Waals surface area contributed by atoms with E-state index in [1.807, 2.05) is 0 Å². The van der Waals surface area contributed by atoms with Crippen molar-refractivity contribution in [1.29, 1.82) is 0 Å². The van der Waals surface area contributed by atoms with E-state index in [0.29, 0.717) is 0 Å². The number of nitrogens with zero attached hydrogens (tertiary/aromatic N) is 2. The summed E-state index contributed by atoms with van der Waals surface area (Å²) in [6.07, 6.45) is 0. The molecule has 2 nitrogen and oxygen atoms in total. The number of hydrogen-bond acceptors (Lipinski definition) is 2. The lowest BCUT2D eigenvalue weighted by molar-refractivity contribution is 0.498. The van der Waals surface area contributed by atoms with E-state index in [9.17, 15) is 0 Å². The zero-order valence-corrected chi connectivity index (χ0v) is 11.7. The number of hydrogen-bond donors (Lipinski definition) is 0. The zero-order valence-electron chi connectivity index (χ0n) is 11.7. The third-order valence-corrected chi connectivity index (χ3v) is 2.91. The van der Waals surface area contributed by atoms with Crippen LogP contribution in [0.15, 0.2) is 24.3 Å². The molecule has 0 bridgehead atoms. The normalized spacial score (nSPS) is 16.4. The molecule has 0 atom stereocenters. The summed E-state index contributed by atoms with van der Waals surface area (Å²) in [6, 6.07) is 8.51. The average Bonchev–Trinajstić information content (AvgIpc) is 2.55. The highest BCUT2D eigenvalue weighted by atomic mass is 15.4. The molecule has 2 rings (SSSR count). The van der Waals surface area contributed by atoms with E-state index < -0.39 is 0 Å². The number of anilines is 2. The minimum atomic E-state index is 0.0517. The molecule has 1 heterocycles. The van der Waals surface area contributed by atoms with Crippen LogP contribution >= 0.6 is 0 Å². The predicted octanol–water partition coefficient (Wildman–Crippen LogP) is 3.91. The first kappa shape index (κ1) is 12.3. The summed E-state index contributed by atoms with van der Waals surface area (Å²) in [5.74, 6) is 0. The lowest BCUT2D eigenvalue weighted by atomic mass is 10.1. The van der Waals surface area contributed by atoms with E-state index >= 15 is 0 Å². The Bertz CT molecular complexity index is 371. The summed E-state index contributed by atoms with van der Waals surface area (Å²) in [5.41, 5.74) is 2.59. The van der Waals surface area contributed by atoms with Gasteiger partial charge in [-0.1, -0.05) is 12.1 Å². The van der Waals surface area contributed by atoms with Crippen LogP contribution in [0.2, 0.25) is 0 Å². The smallest absolute Gasteiger partial charge is 0.209 e. The lowest BCUT2D eigenvalue weighted by Gasteiger charge is -2.36. The minimum Gasteiger partial charge on any atom is -0.335 e. The summed E-state index contributed by atoms with van der Waals surface area (Å²) in [5, 5.41) is 0. The largest absolute Gasteiger partial charge is 0.335 e. The monoisotopic (exact) mass is 230 g/mol. The lowest BCUT2D eigenvalue weighted by Crippen LogP contribution is -2.45. The Kier molecular flexibility index (Phi) is 2.64. The molecule has 2 heteroatoms. The summed E-state index contributed by atoms with van der Waals surface area (Å²) in [4.78, 5) is 4.46. The van der Waals surface area contributed by atoms with Crippen LogP contribution in [-0.2, 0) is 0 Å². The molecule has 1 aliphatic heterocycles. The van der Waals surface area contributed by atoms with E-state index in [0.717, 1.165) is 0 Å². The van der Waals surface area contributed by atoms with Gasteiger partial charge in [0.05, 0.1) is 11.4 Å². The van der Waals surface area contributed by atoms with Gasteiger partial charge in [-0.15, -0.1) is 0 Å². The van der Waals surface area contributed by atoms with Crippen LogP contribution in [0, 0.1) is 6.67 Å². The quantitative estimate of drug-likeness (QED) is 0.667. The molecule has 1 aromatic carbocycles. The van der Waals surface area contributed by atoms with Crippen molar-refractivity contribution in [3.8, 4) is 0 Å². The minimum absolute atomic E-state index is 0.0517. The van der Waals surface area contributed by atoms with Gasteiger partial charge in [0.25, 0.3) is 0 Å². The maximum Gasteiger partial charge on any atom is 0.209 e. The molecule has 0 spiro atoms. The van der Waals surface area contributed by atoms with Crippen LogP contribution in [0.1, 0.15) is 41.5 Å². The van der Waals surface area contributed by atoms with Crippen molar-refractivity contribution >= 4 is 11.4 Å². The Labute approximate surface area is 105 Å². The first-order valence-electron chi connectivity index (χ1n) is 6.17. The van der Waals surface area contributed by atoms with Crippen LogP contribution in [0.3, 0.4) is 0 Å². The second-order valence-electron chi connectivity index (χ2n) is 6.60. The molecule has 0 aromatic heterocycles. The maximum atomic E-state index is 3.50. The standard InChI is InChI=1S/C15H22N2/c1-14(2,3)16-11-17(15(4,5)6)13-10-8-7-9-12(13)16/h7-10H,1-6H3. The van der Waals surface area contributed by atoms with Gasteiger partial charge >= 0.3 is 0 Å². The van der Waals surface area contributed by atoms with E-state index in [4.69, 9.17) is 0 Å². The fourth-order valence-corrected chi connectivity index (χ4v) is 2.07. The van der Waals surface area contributed by atoms with Gasteiger partial charge in [0.15, 0.2) is 0 Å². The molecule has 0 saturated carbocycles. The molecular weight excluding hydrogens is 208 g/mol. The van der Waals surface area contributed by atoms with Gasteiger partial charge in [-0.2, -0.15) is 0 Å². The Balaban J connectivity index is 2.47. The molecule has 92 valence electrons. The second kappa shape index (κ2) is 3.66. The van der Waals surface area contributed by atoms with Gasteiger partial charge < -0.3 is 9.80 Å². The average molecular weight is 230 g/mol. The van der Waals surface area contributed by atoms with E-state index in [1.54, 1.807) is 0 Å². The zero-order chi connectivity index (χ0) is 12.8. The van der Waals surface area contributed by atoms with Gasteiger partial charge in [-0.3, -0.25) is 0 Å². The summed E-state index contributed by atoms with van der Waals surface area (Å²) < 4.78 is 0. The molecule has 2 radical (unpaired) electrons. The predicted molar refractivity (Wildman–Crippen MR) is 74.1 cm³/mol. The summed E-state index contributed by atoms with van der Waals surface area (Å²) in [6.45, 7) is 16.8. The van der Waals surface area contributed by atoms with Crippen molar-refractivity contribution in [3.05, 3.63) is 30.9 Å². The summed E-state index contributed by atoms with van der Waals surface area (Å²) in [7, 11) is 0. The molecule has 0 amide bonds. The molecule has 0 unspecified atom stereocenters. The van der Waals surface area contributed by atoms with E-state index in [2.05, 4.69) is 82.3 Å². The van der Waals surface area contributed by atoms with Crippen LogP contribution < -0.4 is 9.80 Å². The van der Waals surface area contributed by atoms with Crippen molar-refractivity contribution in [1.82, 2.24) is 0 Å². The Morgan fingerprint density at radius 1 is 0.765 bits per heavy atom. The molecular formula is C15H22N2. The first-order chi connectivity index (χ1) is 7.71. The Hall–Kier alpha value is -1.18. The van der Waals surface area contributed by atoms with E-state index in [1.165, 1.54) is 11.4 Å². The number of rotatable bonds is 0. The molecule has 0 fully saturated rings. The van der Waals surface area contributed by atoms with Gasteiger partial charge in [-0.25, -0.2) is 0 Å². The van der Waals surface area contributed by atoms with Crippen molar-refractivity contribution in [3.63, 3.8) is 0 Å². The third-order valence-electron chi connectivity index (χ3n) is 2.91. The summed E-state index contributed by atoms with van der Waals surface area (Å²) >= 11 is 0. The number of para-hydroxylation sites is 2. The Morgan fingerprint density at radius 3 is 1.41 bits per heavy atom. The van der Waals surface area contributed by atoms with Gasteiger partial charge in [0, 0.05) is 11.1 Å². The topological polar surface area (TPSA) is 6.48 Å². The van der Waals surface area contributed by atoms with Crippen LogP contribution in [0.4, 0.5) is 11.4 Å². The van der Waals surface area contributed by atoms with Gasteiger partial charge in [0.1, 0.15) is 0 Å².